The van der Waals surface area contributed by atoms with Crippen LogP contribution in [-0.2, 0) is 23.7 Å². The summed E-state index contributed by atoms with van der Waals surface area (Å²) in [4.78, 5) is 12.9. The summed E-state index contributed by atoms with van der Waals surface area (Å²) in [5, 5.41) is 40.3. The molecule has 398 valence electrons. The molecular formula is C61H100O9. The number of aliphatic hydroxyl groups excluding tert-OH is 4. The van der Waals surface area contributed by atoms with Crippen molar-refractivity contribution in [1.82, 2.24) is 0 Å². The zero-order valence-electron chi connectivity index (χ0n) is 44.0. The van der Waals surface area contributed by atoms with Crippen LogP contribution in [0.25, 0.3) is 0 Å². The van der Waals surface area contributed by atoms with Gasteiger partial charge in [-0.25, -0.2) is 0 Å². The van der Waals surface area contributed by atoms with Crippen LogP contribution in [0, 0.1) is 0 Å². The van der Waals surface area contributed by atoms with Gasteiger partial charge in [0.2, 0.25) is 0 Å². The molecule has 0 bridgehead atoms. The molecule has 4 N–H and O–H groups in total. The third-order valence-electron chi connectivity index (χ3n) is 11.9. The molecule has 1 saturated heterocycles. The summed E-state index contributed by atoms with van der Waals surface area (Å²) in [7, 11) is 0. The van der Waals surface area contributed by atoms with E-state index in [1.54, 1.807) is 0 Å². The molecule has 0 amide bonds. The second-order valence-electron chi connectivity index (χ2n) is 18.3. The average molecular weight is 977 g/mol. The van der Waals surface area contributed by atoms with Crippen molar-refractivity contribution in [3.05, 3.63) is 122 Å². The minimum absolute atomic E-state index is 0.103. The fourth-order valence-corrected chi connectivity index (χ4v) is 7.60. The first kappa shape index (κ1) is 64.6. The summed E-state index contributed by atoms with van der Waals surface area (Å²) in [6.45, 7) is 4.30. The maximum absolute atomic E-state index is 12.9. The molecule has 1 rings (SSSR count). The average Bonchev–Trinajstić information content (AvgIpc) is 3.36. The number of aliphatic hydroxyl groups is 4. The van der Waals surface area contributed by atoms with Crippen molar-refractivity contribution in [3.8, 4) is 0 Å². The van der Waals surface area contributed by atoms with Crippen LogP contribution in [0.3, 0.4) is 0 Å². The van der Waals surface area contributed by atoms with E-state index in [-0.39, 0.29) is 19.2 Å². The summed E-state index contributed by atoms with van der Waals surface area (Å²) in [6, 6.07) is 0. The zero-order chi connectivity index (χ0) is 50.6. The van der Waals surface area contributed by atoms with Gasteiger partial charge in [-0.15, -0.1) is 0 Å². The van der Waals surface area contributed by atoms with E-state index in [0.29, 0.717) is 13.0 Å². The number of carbonyl (C=O) groups is 1. The second-order valence-corrected chi connectivity index (χ2v) is 18.3. The van der Waals surface area contributed by atoms with E-state index in [1.807, 2.05) is 0 Å². The lowest BCUT2D eigenvalue weighted by Gasteiger charge is -2.39. The van der Waals surface area contributed by atoms with E-state index in [1.165, 1.54) is 64.2 Å². The molecule has 1 aliphatic rings. The predicted molar refractivity (Wildman–Crippen MR) is 292 cm³/mol. The van der Waals surface area contributed by atoms with E-state index >= 15 is 0 Å². The van der Waals surface area contributed by atoms with Crippen molar-refractivity contribution < 1.29 is 44.2 Å². The van der Waals surface area contributed by atoms with Gasteiger partial charge in [-0.2, -0.15) is 0 Å². The van der Waals surface area contributed by atoms with Gasteiger partial charge in [-0.05, 0) is 109 Å². The molecule has 0 saturated carbocycles. The van der Waals surface area contributed by atoms with Crippen molar-refractivity contribution in [2.75, 3.05) is 26.4 Å². The predicted octanol–water partition coefficient (Wildman–Crippen LogP) is 14.3. The molecule has 0 spiro atoms. The zero-order valence-corrected chi connectivity index (χ0v) is 44.0. The molecule has 9 nitrogen and oxygen atoms in total. The van der Waals surface area contributed by atoms with Gasteiger partial charge in [0.25, 0.3) is 0 Å². The molecule has 0 aromatic carbocycles. The highest BCUT2D eigenvalue weighted by atomic mass is 16.7. The minimum Gasteiger partial charge on any atom is -0.457 e. The first-order chi connectivity index (χ1) is 34.4. The lowest BCUT2D eigenvalue weighted by Crippen LogP contribution is -2.59. The molecule has 1 heterocycles. The Balaban J connectivity index is 2.25. The van der Waals surface area contributed by atoms with Gasteiger partial charge in [0.15, 0.2) is 6.29 Å². The van der Waals surface area contributed by atoms with Crippen LogP contribution >= 0.6 is 0 Å². The summed E-state index contributed by atoms with van der Waals surface area (Å²) < 4.78 is 22.9. The number of hydrogen-bond acceptors (Lipinski definition) is 9. The fraction of sp³-hybridized carbons (Fsp3) is 0.656. The smallest absolute Gasteiger partial charge is 0.306 e. The van der Waals surface area contributed by atoms with Crippen LogP contribution < -0.4 is 0 Å². The second kappa shape index (κ2) is 50.5. The molecule has 9 heteroatoms. The molecule has 0 aromatic heterocycles. The number of unbranched alkanes of at least 4 members (excludes halogenated alkanes) is 15. The third-order valence-corrected chi connectivity index (χ3v) is 11.9. The lowest BCUT2D eigenvalue weighted by molar-refractivity contribution is -0.305. The molecule has 6 atom stereocenters. The SMILES string of the molecule is CC/C=C\C/C=C\C/C=C\C/C=C\C/C=C\C/C=C\C/C=C\CCCCOCC(COC1OC(CO)C(O)C(O)C1O)OC(=O)CCCCCCCCCC/C=C\C/C=C\C/C=C\CCCCCCC. The number of allylic oxidation sites excluding steroid dienone is 20. The van der Waals surface area contributed by atoms with Crippen molar-refractivity contribution >= 4 is 5.97 Å². The lowest BCUT2D eigenvalue weighted by atomic mass is 9.99. The van der Waals surface area contributed by atoms with Crippen molar-refractivity contribution in [3.63, 3.8) is 0 Å². The van der Waals surface area contributed by atoms with Crippen LogP contribution in [-0.4, -0.2) is 89.6 Å². The van der Waals surface area contributed by atoms with Crippen molar-refractivity contribution in [2.24, 2.45) is 0 Å². The van der Waals surface area contributed by atoms with Crippen LogP contribution in [0.2, 0.25) is 0 Å². The van der Waals surface area contributed by atoms with Crippen LogP contribution in [0.4, 0.5) is 0 Å². The Labute approximate surface area is 427 Å². The van der Waals surface area contributed by atoms with E-state index in [9.17, 15) is 25.2 Å². The van der Waals surface area contributed by atoms with E-state index in [0.717, 1.165) is 109 Å². The Kier molecular flexibility index (Phi) is 46.6. The van der Waals surface area contributed by atoms with Gasteiger partial charge in [-0.1, -0.05) is 200 Å². The number of rotatable bonds is 46. The van der Waals surface area contributed by atoms with Crippen molar-refractivity contribution in [1.29, 1.82) is 0 Å². The van der Waals surface area contributed by atoms with Crippen LogP contribution in [0.15, 0.2) is 122 Å². The Morgan fingerprint density at radius 2 is 0.871 bits per heavy atom. The highest BCUT2D eigenvalue weighted by molar-refractivity contribution is 5.69. The summed E-state index contributed by atoms with van der Waals surface area (Å²) in [6.07, 6.45) is 66.6. The normalized spacial score (nSPS) is 19.9. The summed E-state index contributed by atoms with van der Waals surface area (Å²) in [5.41, 5.74) is 0. The van der Waals surface area contributed by atoms with Crippen LogP contribution in [0.1, 0.15) is 194 Å². The van der Waals surface area contributed by atoms with Crippen LogP contribution in [0.5, 0.6) is 0 Å². The fourth-order valence-electron chi connectivity index (χ4n) is 7.60. The van der Waals surface area contributed by atoms with Gasteiger partial charge in [-0.3, -0.25) is 4.79 Å². The van der Waals surface area contributed by atoms with Gasteiger partial charge in [0.1, 0.15) is 30.5 Å². The first-order valence-corrected chi connectivity index (χ1v) is 27.6. The van der Waals surface area contributed by atoms with Gasteiger partial charge in [0.05, 0.1) is 19.8 Å². The standard InChI is InChI=1S/C61H100O9/c1-3-5-7-9-11-13-15-17-19-21-23-25-27-29-31-33-35-37-39-41-43-45-47-49-51-67-53-55(54-68-61-60(66)59(65)58(64)56(52-62)70-61)69-57(63)50-48-46-44-42-40-38-36-34-32-30-28-26-24-22-20-18-16-14-12-10-8-6-4-2/h5,7,11,13,16-19,22-25,28-31,35,37,41,43,55-56,58-62,64-66H,3-4,6,8-10,12,14-15,20-21,26-27,32-34,36,38-40,42,44-54H2,1-2H3/b7-5-,13-11-,18-16-,19-17-,24-22-,25-23-,30-28-,31-29-,37-35-,43-41-. The largest absolute Gasteiger partial charge is 0.457 e. The quantitative estimate of drug-likeness (QED) is 0.0267. The van der Waals surface area contributed by atoms with E-state index in [4.69, 9.17) is 18.9 Å². The molecule has 1 aliphatic heterocycles. The Morgan fingerprint density at radius 3 is 1.31 bits per heavy atom. The molecule has 0 aliphatic carbocycles. The highest BCUT2D eigenvalue weighted by Gasteiger charge is 2.44. The maximum atomic E-state index is 12.9. The van der Waals surface area contributed by atoms with Crippen molar-refractivity contribution in [2.45, 2.75) is 230 Å². The number of hydrogen-bond donors (Lipinski definition) is 4. The summed E-state index contributed by atoms with van der Waals surface area (Å²) in [5.74, 6) is -0.341. The summed E-state index contributed by atoms with van der Waals surface area (Å²) >= 11 is 0. The molecule has 1 fully saturated rings. The topological polar surface area (TPSA) is 135 Å². The number of ether oxygens (including phenoxy) is 4. The minimum atomic E-state index is -1.56. The van der Waals surface area contributed by atoms with Gasteiger partial charge >= 0.3 is 5.97 Å². The van der Waals surface area contributed by atoms with Gasteiger partial charge < -0.3 is 39.4 Å². The Morgan fingerprint density at radius 1 is 0.471 bits per heavy atom. The molecule has 0 aromatic rings. The Hall–Kier alpha value is -3.41. The molecule has 70 heavy (non-hydrogen) atoms. The van der Waals surface area contributed by atoms with E-state index < -0.39 is 43.4 Å². The number of esters is 1. The monoisotopic (exact) mass is 977 g/mol. The molecule has 0 radical (unpaired) electrons. The number of carbonyl (C=O) groups excluding carboxylic acids is 1. The highest BCUT2D eigenvalue weighted by Crippen LogP contribution is 2.22. The molecular weight excluding hydrogens is 877 g/mol. The maximum Gasteiger partial charge on any atom is 0.306 e. The Bertz CT molecular complexity index is 1480. The van der Waals surface area contributed by atoms with Gasteiger partial charge in [0, 0.05) is 13.0 Å². The third kappa shape index (κ3) is 40.2. The first-order valence-electron chi connectivity index (χ1n) is 27.6. The molecule has 6 unspecified atom stereocenters. The van der Waals surface area contributed by atoms with E-state index in [2.05, 4.69) is 135 Å².